The average Bonchev–Trinajstić information content (AvgIpc) is 2.25. The van der Waals surface area contributed by atoms with E-state index in [0.29, 0.717) is 10.8 Å². The zero-order valence-electron chi connectivity index (χ0n) is 9.40. The lowest BCUT2D eigenvalue weighted by molar-refractivity contribution is -0.126. The van der Waals surface area contributed by atoms with E-state index in [1.165, 1.54) is 0 Å². The smallest absolute Gasteiger partial charge is 0.195 e. The maximum atomic E-state index is 11.3. The number of Topliss-reactive ketones (excluding diaryl/α,β-unsaturated/α-hetero) is 1. The van der Waals surface area contributed by atoms with Gasteiger partial charge in [-0.25, -0.2) is 0 Å². The molecule has 0 amide bonds. The quantitative estimate of drug-likeness (QED) is 0.770. The molecule has 16 heavy (non-hydrogen) atoms. The Morgan fingerprint density at radius 1 is 1.25 bits per heavy atom. The van der Waals surface area contributed by atoms with Crippen molar-refractivity contribution in [3.05, 3.63) is 29.3 Å². The molecule has 88 valence electrons. The maximum Gasteiger partial charge on any atom is 0.195 e. The number of ether oxygens (including phenoxy) is 2. The van der Waals surface area contributed by atoms with Crippen molar-refractivity contribution >= 4 is 17.4 Å². The molecule has 0 aliphatic carbocycles. The molecule has 0 fully saturated rings. The summed E-state index contributed by atoms with van der Waals surface area (Å²) < 4.78 is 10.4. The van der Waals surface area contributed by atoms with E-state index < -0.39 is 0 Å². The highest BCUT2D eigenvalue weighted by Crippen LogP contribution is 2.15. The van der Waals surface area contributed by atoms with Crippen molar-refractivity contribution in [1.29, 1.82) is 0 Å². The summed E-state index contributed by atoms with van der Waals surface area (Å²) in [7, 11) is 0. The number of carbonyl (C=O) groups excluding carboxylic acids is 1. The highest BCUT2D eigenvalue weighted by molar-refractivity contribution is 6.30. The van der Waals surface area contributed by atoms with Crippen LogP contribution in [0.5, 0.6) is 5.75 Å². The van der Waals surface area contributed by atoms with E-state index in [9.17, 15) is 4.79 Å². The SMILES string of the molecule is CC(C)OCC(=O)COc1ccc(Cl)cc1. The van der Waals surface area contributed by atoms with Gasteiger partial charge in [-0.05, 0) is 38.1 Å². The number of halogens is 1. The van der Waals surface area contributed by atoms with E-state index in [2.05, 4.69) is 0 Å². The molecule has 0 bridgehead atoms. The van der Waals surface area contributed by atoms with Gasteiger partial charge in [0, 0.05) is 5.02 Å². The van der Waals surface area contributed by atoms with Crippen molar-refractivity contribution in [2.45, 2.75) is 20.0 Å². The Bertz CT molecular complexity index is 333. The first kappa shape index (κ1) is 13.0. The van der Waals surface area contributed by atoms with Crippen LogP contribution >= 0.6 is 11.6 Å². The van der Waals surface area contributed by atoms with Gasteiger partial charge in [-0.1, -0.05) is 11.6 Å². The number of carbonyl (C=O) groups is 1. The van der Waals surface area contributed by atoms with Crippen molar-refractivity contribution in [3.63, 3.8) is 0 Å². The average molecular weight is 243 g/mol. The van der Waals surface area contributed by atoms with Crippen LogP contribution in [0.3, 0.4) is 0 Å². The first-order valence-corrected chi connectivity index (χ1v) is 5.47. The predicted molar refractivity (Wildman–Crippen MR) is 63.0 cm³/mol. The normalized spacial score (nSPS) is 10.5. The molecule has 0 unspecified atom stereocenters. The summed E-state index contributed by atoms with van der Waals surface area (Å²) in [6, 6.07) is 6.87. The van der Waals surface area contributed by atoms with Crippen molar-refractivity contribution in [3.8, 4) is 5.75 Å². The Morgan fingerprint density at radius 3 is 2.44 bits per heavy atom. The monoisotopic (exact) mass is 242 g/mol. The number of hydrogen-bond acceptors (Lipinski definition) is 3. The number of hydrogen-bond donors (Lipinski definition) is 0. The van der Waals surface area contributed by atoms with E-state index in [4.69, 9.17) is 21.1 Å². The third kappa shape index (κ3) is 5.14. The summed E-state index contributed by atoms with van der Waals surface area (Å²) in [5.74, 6) is 0.547. The first-order valence-electron chi connectivity index (χ1n) is 5.09. The lowest BCUT2D eigenvalue weighted by Gasteiger charge is -2.08. The molecule has 1 rings (SSSR count). The number of benzene rings is 1. The predicted octanol–water partition coefficient (Wildman–Crippen LogP) is 2.71. The van der Waals surface area contributed by atoms with Crippen LogP contribution in [0.2, 0.25) is 5.02 Å². The summed E-state index contributed by atoms with van der Waals surface area (Å²) in [6.07, 6.45) is 0.0551. The number of ketones is 1. The molecule has 0 saturated carbocycles. The fourth-order valence-corrected chi connectivity index (χ4v) is 1.12. The Morgan fingerprint density at radius 2 is 1.88 bits per heavy atom. The molecule has 0 spiro atoms. The fourth-order valence-electron chi connectivity index (χ4n) is 0.996. The van der Waals surface area contributed by atoms with Crippen LogP contribution in [0.4, 0.5) is 0 Å². The van der Waals surface area contributed by atoms with Gasteiger partial charge < -0.3 is 9.47 Å². The summed E-state index contributed by atoms with van der Waals surface area (Å²) in [4.78, 5) is 11.3. The van der Waals surface area contributed by atoms with Gasteiger partial charge >= 0.3 is 0 Å². The molecule has 0 aliphatic rings. The van der Waals surface area contributed by atoms with E-state index in [-0.39, 0.29) is 25.1 Å². The van der Waals surface area contributed by atoms with Crippen LogP contribution in [0, 0.1) is 0 Å². The third-order valence-corrected chi connectivity index (χ3v) is 2.04. The minimum atomic E-state index is -0.0800. The molecule has 0 heterocycles. The minimum absolute atomic E-state index is 0.0222. The standard InChI is InChI=1S/C12H15ClO3/c1-9(2)15-7-11(14)8-16-12-5-3-10(13)4-6-12/h3-6,9H,7-8H2,1-2H3. The van der Waals surface area contributed by atoms with Crippen molar-refractivity contribution in [2.75, 3.05) is 13.2 Å². The van der Waals surface area contributed by atoms with Crippen LogP contribution in [0.15, 0.2) is 24.3 Å². The summed E-state index contributed by atoms with van der Waals surface area (Å²) in [5.41, 5.74) is 0. The summed E-state index contributed by atoms with van der Waals surface area (Å²) in [5, 5.41) is 0.641. The molecular formula is C12H15ClO3. The van der Waals surface area contributed by atoms with Crippen LogP contribution in [-0.2, 0) is 9.53 Å². The Labute approximate surface area is 100 Å². The number of rotatable bonds is 6. The molecule has 0 radical (unpaired) electrons. The van der Waals surface area contributed by atoms with Gasteiger partial charge in [0.05, 0.1) is 6.10 Å². The van der Waals surface area contributed by atoms with E-state index in [0.717, 1.165) is 0 Å². The molecule has 0 atom stereocenters. The molecule has 0 aromatic heterocycles. The zero-order chi connectivity index (χ0) is 12.0. The van der Waals surface area contributed by atoms with Crippen LogP contribution < -0.4 is 4.74 Å². The lowest BCUT2D eigenvalue weighted by Crippen LogP contribution is -2.19. The Balaban J connectivity index is 2.29. The maximum absolute atomic E-state index is 11.3. The zero-order valence-corrected chi connectivity index (χ0v) is 10.2. The van der Waals surface area contributed by atoms with Gasteiger partial charge in [-0.15, -0.1) is 0 Å². The molecule has 1 aromatic rings. The van der Waals surface area contributed by atoms with Crippen molar-refractivity contribution in [2.24, 2.45) is 0 Å². The highest BCUT2D eigenvalue weighted by Gasteiger charge is 2.04. The molecule has 3 nitrogen and oxygen atoms in total. The van der Waals surface area contributed by atoms with Crippen LogP contribution in [0.25, 0.3) is 0 Å². The second-order valence-electron chi connectivity index (χ2n) is 3.64. The summed E-state index contributed by atoms with van der Waals surface area (Å²) in [6.45, 7) is 3.88. The molecule has 0 N–H and O–H groups in total. The van der Waals surface area contributed by atoms with Gasteiger partial charge in [-0.3, -0.25) is 4.79 Å². The second-order valence-corrected chi connectivity index (χ2v) is 4.08. The first-order chi connectivity index (χ1) is 7.58. The third-order valence-electron chi connectivity index (χ3n) is 1.79. The fraction of sp³-hybridized carbons (Fsp3) is 0.417. The van der Waals surface area contributed by atoms with E-state index >= 15 is 0 Å². The minimum Gasteiger partial charge on any atom is -0.486 e. The molecule has 4 heteroatoms. The van der Waals surface area contributed by atoms with Gasteiger partial charge in [-0.2, -0.15) is 0 Å². The van der Waals surface area contributed by atoms with E-state index in [1.54, 1.807) is 24.3 Å². The highest BCUT2D eigenvalue weighted by atomic mass is 35.5. The van der Waals surface area contributed by atoms with Gasteiger partial charge in [0.2, 0.25) is 0 Å². The van der Waals surface area contributed by atoms with Gasteiger partial charge in [0.15, 0.2) is 5.78 Å². The topological polar surface area (TPSA) is 35.5 Å². The van der Waals surface area contributed by atoms with Crippen LogP contribution in [0.1, 0.15) is 13.8 Å². The van der Waals surface area contributed by atoms with Gasteiger partial charge in [0.25, 0.3) is 0 Å². The lowest BCUT2D eigenvalue weighted by atomic mass is 10.3. The second kappa shape index (κ2) is 6.51. The molecule has 0 saturated heterocycles. The summed E-state index contributed by atoms with van der Waals surface area (Å²) >= 11 is 5.72. The Kier molecular flexibility index (Phi) is 5.29. The largest absolute Gasteiger partial charge is 0.486 e. The molecule has 0 aliphatic heterocycles. The van der Waals surface area contributed by atoms with Gasteiger partial charge in [0.1, 0.15) is 19.0 Å². The Hall–Kier alpha value is -1.06. The van der Waals surface area contributed by atoms with Crippen molar-refractivity contribution < 1.29 is 14.3 Å². The van der Waals surface area contributed by atoms with E-state index in [1.807, 2.05) is 13.8 Å². The molecule has 1 aromatic carbocycles. The molecular weight excluding hydrogens is 228 g/mol. The van der Waals surface area contributed by atoms with Crippen molar-refractivity contribution in [1.82, 2.24) is 0 Å². The van der Waals surface area contributed by atoms with Crippen LogP contribution in [-0.4, -0.2) is 25.1 Å².